The highest BCUT2D eigenvalue weighted by molar-refractivity contribution is 7.51. The fraction of sp³-hybridized carbons (Fsp3) is 0.167. The molecule has 2 unspecified atom stereocenters. The third-order valence-corrected chi connectivity index (χ3v) is 6.34. The summed E-state index contributed by atoms with van der Waals surface area (Å²) in [5.41, 5.74) is 0.477. The summed E-state index contributed by atoms with van der Waals surface area (Å²) in [5.74, 6) is -1.68. The Morgan fingerprint density at radius 1 is 1.28 bits per heavy atom. The fourth-order valence-electron chi connectivity index (χ4n) is 2.36. The molecule has 3 aromatic rings. The zero-order valence-electron chi connectivity index (χ0n) is 13.5. The molecule has 130 valence electrons. The van der Waals surface area contributed by atoms with Gasteiger partial charge in [-0.3, -0.25) is 5.09 Å². The molecule has 7 heteroatoms. The first-order chi connectivity index (χ1) is 12.1. The third-order valence-electron chi connectivity index (χ3n) is 3.49. The van der Waals surface area contributed by atoms with E-state index in [-0.39, 0.29) is 4.88 Å². The molecule has 1 heterocycles. The van der Waals surface area contributed by atoms with Gasteiger partial charge < -0.3 is 9.63 Å². The largest absolute Gasteiger partial charge is 0.477 e. The van der Waals surface area contributed by atoms with Gasteiger partial charge in [0.1, 0.15) is 10.6 Å². The Morgan fingerprint density at radius 3 is 2.72 bits per heavy atom. The van der Waals surface area contributed by atoms with Crippen LogP contribution in [0.1, 0.15) is 28.1 Å². The number of aromatic carboxylic acids is 1. The number of hydrogen-bond donors (Lipinski definition) is 2. The summed E-state index contributed by atoms with van der Waals surface area (Å²) in [6.45, 7) is 2.49. The van der Waals surface area contributed by atoms with Gasteiger partial charge in [0.2, 0.25) is 8.30 Å². The molecular weight excluding hydrogens is 360 g/mol. The number of carbonyl (C=O) groups is 1. The highest BCUT2D eigenvalue weighted by Gasteiger charge is 2.25. The van der Waals surface area contributed by atoms with Crippen LogP contribution in [0.15, 0.2) is 54.6 Å². The fourth-order valence-corrected chi connectivity index (χ4v) is 4.65. The Bertz CT molecular complexity index is 871. The molecule has 0 fully saturated rings. The topological polar surface area (TPSA) is 58.6 Å². The van der Waals surface area contributed by atoms with Crippen molar-refractivity contribution in [3.05, 3.63) is 65.0 Å². The Morgan fingerprint density at radius 2 is 2.04 bits per heavy atom. The van der Waals surface area contributed by atoms with Crippen molar-refractivity contribution in [1.82, 2.24) is 5.09 Å². The summed E-state index contributed by atoms with van der Waals surface area (Å²) >= 11 is 1.18. The molecule has 3 rings (SSSR count). The SMILES string of the molecule is CCNP(Oc1ccccc1)C(F)c1ccc2sc(C(=O)O)cc2c1. The van der Waals surface area contributed by atoms with E-state index in [2.05, 4.69) is 5.09 Å². The Kier molecular flexibility index (Phi) is 5.63. The van der Waals surface area contributed by atoms with E-state index in [1.807, 2.05) is 25.1 Å². The van der Waals surface area contributed by atoms with Gasteiger partial charge in [0.05, 0.1) is 0 Å². The number of rotatable bonds is 7. The molecule has 0 radical (unpaired) electrons. The first kappa shape index (κ1) is 17.8. The molecule has 0 saturated heterocycles. The Hall–Kier alpha value is -2.01. The van der Waals surface area contributed by atoms with Crippen molar-refractivity contribution in [1.29, 1.82) is 0 Å². The standard InChI is InChI=1S/C18H17FNO3PS/c1-2-20-24(23-14-6-4-3-5-7-14)17(19)12-8-9-15-13(10-12)11-16(25-15)18(21)22/h3-11,17,20H,2H2,1H3,(H,21,22). The Balaban J connectivity index is 1.86. The average molecular weight is 377 g/mol. The van der Waals surface area contributed by atoms with Crippen molar-refractivity contribution in [2.75, 3.05) is 6.54 Å². The molecule has 4 nitrogen and oxygen atoms in total. The quantitative estimate of drug-likeness (QED) is 0.529. The normalized spacial score (nSPS) is 13.5. The monoisotopic (exact) mass is 377 g/mol. The van der Waals surface area contributed by atoms with Crippen LogP contribution in [-0.2, 0) is 0 Å². The van der Waals surface area contributed by atoms with Crippen molar-refractivity contribution in [2.24, 2.45) is 0 Å². The van der Waals surface area contributed by atoms with Crippen molar-refractivity contribution in [2.45, 2.75) is 12.8 Å². The van der Waals surface area contributed by atoms with E-state index in [9.17, 15) is 4.79 Å². The molecule has 25 heavy (non-hydrogen) atoms. The number of carboxylic acid groups (broad SMARTS) is 1. The first-order valence-corrected chi connectivity index (χ1v) is 9.89. The van der Waals surface area contributed by atoms with Gasteiger partial charge in [0.25, 0.3) is 0 Å². The number of fused-ring (bicyclic) bond motifs is 1. The maximum Gasteiger partial charge on any atom is 0.345 e. The van der Waals surface area contributed by atoms with Crippen LogP contribution < -0.4 is 9.61 Å². The number of benzene rings is 2. The molecule has 2 atom stereocenters. The van der Waals surface area contributed by atoms with E-state index in [0.29, 0.717) is 17.9 Å². The van der Waals surface area contributed by atoms with Crippen molar-refractivity contribution < 1.29 is 18.8 Å². The maximum absolute atomic E-state index is 15.1. The summed E-state index contributed by atoms with van der Waals surface area (Å²) in [4.78, 5) is 11.3. The lowest BCUT2D eigenvalue weighted by Gasteiger charge is -2.22. The van der Waals surface area contributed by atoms with Crippen molar-refractivity contribution in [3.63, 3.8) is 0 Å². The van der Waals surface area contributed by atoms with E-state index in [4.69, 9.17) is 9.63 Å². The molecule has 0 bridgehead atoms. The number of nitrogens with one attached hydrogen (secondary N) is 1. The lowest BCUT2D eigenvalue weighted by Crippen LogP contribution is -2.13. The summed E-state index contributed by atoms with van der Waals surface area (Å²) in [5, 5.41) is 12.9. The van der Waals surface area contributed by atoms with Gasteiger partial charge in [-0.1, -0.05) is 31.2 Å². The average Bonchev–Trinajstić information content (AvgIpc) is 3.05. The summed E-state index contributed by atoms with van der Waals surface area (Å²) in [7, 11) is -1.57. The van der Waals surface area contributed by atoms with Crippen LogP contribution >= 0.6 is 19.6 Å². The minimum atomic E-state index is -1.57. The smallest absolute Gasteiger partial charge is 0.345 e. The van der Waals surface area contributed by atoms with Crippen LogP contribution in [0.3, 0.4) is 0 Å². The van der Waals surface area contributed by atoms with E-state index < -0.39 is 20.2 Å². The zero-order chi connectivity index (χ0) is 17.8. The number of carboxylic acids is 1. The van der Waals surface area contributed by atoms with Gasteiger partial charge in [-0.2, -0.15) is 0 Å². The van der Waals surface area contributed by atoms with Gasteiger partial charge in [-0.15, -0.1) is 11.3 Å². The van der Waals surface area contributed by atoms with Gasteiger partial charge in [0.15, 0.2) is 5.91 Å². The predicted octanol–water partition coefficient (Wildman–Crippen LogP) is 5.57. The first-order valence-electron chi connectivity index (χ1n) is 7.75. The number of para-hydroxylation sites is 1. The van der Waals surface area contributed by atoms with Crippen LogP contribution in [0.2, 0.25) is 0 Å². The molecule has 0 amide bonds. The van der Waals surface area contributed by atoms with Gasteiger partial charge in [-0.05, 0) is 47.8 Å². The third kappa shape index (κ3) is 4.15. The second kappa shape index (κ2) is 7.91. The minimum Gasteiger partial charge on any atom is -0.477 e. The van der Waals surface area contributed by atoms with Crippen LogP contribution in [0.4, 0.5) is 4.39 Å². The molecule has 0 aliphatic carbocycles. The molecule has 2 aromatic carbocycles. The number of alkyl halides is 1. The van der Waals surface area contributed by atoms with E-state index >= 15 is 4.39 Å². The highest BCUT2D eigenvalue weighted by atomic mass is 32.1. The molecule has 0 spiro atoms. The second-order valence-electron chi connectivity index (χ2n) is 5.29. The van der Waals surface area contributed by atoms with Crippen LogP contribution in [0, 0.1) is 0 Å². The van der Waals surface area contributed by atoms with E-state index in [0.717, 1.165) is 10.1 Å². The molecule has 0 aliphatic heterocycles. The van der Waals surface area contributed by atoms with E-state index in [1.54, 1.807) is 36.4 Å². The van der Waals surface area contributed by atoms with Crippen molar-refractivity contribution >= 4 is 35.7 Å². The van der Waals surface area contributed by atoms with Crippen molar-refractivity contribution in [3.8, 4) is 5.75 Å². The van der Waals surface area contributed by atoms with Gasteiger partial charge in [-0.25, -0.2) is 9.18 Å². The lowest BCUT2D eigenvalue weighted by molar-refractivity contribution is 0.0702. The number of thiophene rings is 1. The van der Waals surface area contributed by atoms with Gasteiger partial charge in [0, 0.05) is 4.70 Å². The summed E-state index contributed by atoms with van der Waals surface area (Å²) in [6.07, 6.45) is 0. The minimum absolute atomic E-state index is 0.247. The molecule has 1 aromatic heterocycles. The van der Waals surface area contributed by atoms with Crippen LogP contribution in [0.5, 0.6) is 5.75 Å². The summed E-state index contributed by atoms with van der Waals surface area (Å²) < 4.78 is 21.7. The highest BCUT2D eigenvalue weighted by Crippen LogP contribution is 2.50. The van der Waals surface area contributed by atoms with Gasteiger partial charge >= 0.3 is 5.97 Å². The number of hydrogen-bond acceptors (Lipinski definition) is 4. The number of halogens is 1. The van der Waals surface area contributed by atoms with Crippen LogP contribution in [-0.4, -0.2) is 17.6 Å². The Labute approximate surface area is 150 Å². The zero-order valence-corrected chi connectivity index (χ0v) is 15.2. The van der Waals surface area contributed by atoms with E-state index in [1.165, 1.54) is 11.3 Å². The molecule has 0 saturated carbocycles. The summed E-state index contributed by atoms with van der Waals surface area (Å²) in [6, 6.07) is 15.9. The molecule has 2 N–H and O–H groups in total. The maximum atomic E-state index is 15.1. The lowest BCUT2D eigenvalue weighted by atomic mass is 10.2. The second-order valence-corrected chi connectivity index (χ2v) is 7.98. The van der Waals surface area contributed by atoms with Crippen LogP contribution in [0.25, 0.3) is 10.1 Å². The molecular formula is C18H17FNO3PS. The molecule has 0 aliphatic rings. The predicted molar refractivity (Wildman–Crippen MR) is 100 cm³/mol.